The summed E-state index contributed by atoms with van der Waals surface area (Å²) in [6.07, 6.45) is 1.78. The summed E-state index contributed by atoms with van der Waals surface area (Å²) >= 11 is 0. The maximum Gasteiger partial charge on any atom is 0.280 e. The van der Waals surface area contributed by atoms with Gasteiger partial charge in [0.2, 0.25) is 0 Å². The van der Waals surface area contributed by atoms with Crippen LogP contribution in [0.2, 0.25) is 0 Å². The first kappa shape index (κ1) is 14.6. The molecule has 114 valence electrons. The number of hydrazone groups is 1. The van der Waals surface area contributed by atoms with Gasteiger partial charge in [0.25, 0.3) is 11.6 Å². The molecule has 1 amide bonds. The van der Waals surface area contributed by atoms with Crippen molar-refractivity contribution in [2.45, 2.75) is 6.92 Å². The predicted octanol–water partition coefficient (Wildman–Crippen LogP) is 3.40. The molecule has 23 heavy (non-hydrogen) atoms. The first-order valence-corrected chi connectivity index (χ1v) is 6.97. The lowest BCUT2D eigenvalue weighted by molar-refractivity contribution is -0.384. The van der Waals surface area contributed by atoms with Crippen molar-refractivity contribution in [1.82, 2.24) is 0 Å². The minimum Gasteiger partial charge on any atom is -0.267 e. The molecule has 6 heteroatoms. The molecule has 0 fully saturated rings. The molecular weight excluding hydrogens is 294 g/mol. The number of hydrogen-bond acceptors (Lipinski definition) is 4. The Kier molecular flexibility index (Phi) is 3.72. The highest BCUT2D eigenvalue weighted by Crippen LogP contribution is 2.26. The number of nitro benzene ring substituents is 1. The molecule has 0 bridgehead atoms. The molecule has 1 heterocycles. The van der Waals surface area contributed by atoms with Crippen LogP contribution in [0.15, 0.2) is 65.3 Å². The molecule has 0 radical (unpaired) electrons. The van der Waals surface area contributed by atoms with E-state index >= 15 is 0 Å². The molecule has 0 aliphatic carbocycles. The zero-order valence-corrected chi connectivity index (χ0v) is 12.3. The van der Waals surface area contributed by atoms with E-state index in [9.17, 15) is 14.9 Å². The summed E-state index contributed by atoms with van der Waals surface area (Å²) in [5.74, 6) is -0.250. The zero-order chi connectivity index (χ0) is 16.4. The molecule has 1 aliphatic rings. The monoisotopic (exact) mass is 307 g/mol. The Hall–Kier alpha value is -3.28. The van der Waals surface area contributed by atoms with Gasteiger partial charge in [0.15, 0.2) is 0 Å². The number of nitro groups is 1. The molecule has 6 nitrogen and oxygen atoms in total. The molecule has 0 N–H and O–H groups in total. The fourth-order valence-electron chi connectivity index (χ4n) is 2.29. The lowest BCUT2D eigenvalue weighted by Gasteiger charge is -2.11. The van der Waals surface area contributed by atoms with E-state index in [1.807, 2.05) is 30.3 Å². The minimum atomic E-state index is -0.481. The predicted molar refractivity (Wildman–Crippen MR) is 88.1 cm³/mol. The van der Waals surface area contributed by atoms with Crippen molar-refractivity contribution >= 4 is 29.1 Å². The highest BCUT2D eigenvalue weighted by molar-refractivity contribution is 6.32. The summed E-state index contributed by atoms with van der Waals surface area (Å²) in [5, 5.41) is 16.2. The Labute approximate surface area is 132 Å². The third-order valence-corrected chi connectivity index (χ3v) is 3.48. The number of carbonyl (C=O) groups is 1. The third kappa shape index (κ3) is 2.87. The number of anilines is 1. The molecule has 0 spiro atoms. The Morgan fingerprint density at radius 1 is 1.09 bits per heavy atom. The topological polar surface area (TPSA) is 75.8 Å². The summed E-state index contributed by atoms with van der Waals surface area (Å²) in [4.78, 5) is 22.8. The van der Waals surface area contributed by atoms with Gasteiger partial charge < -0.3 is 0 Å². The van der Waals surface area contributed by atoms with Crippen molar-refractivity contribution in [2.24, 2.45) is 5.10 Å². The van der Waals surface area contributed by atoms with E-state index in [2.05, 4.69) is 5.10 Å². The lowest BCUT2D eigenvalue weighted by Crippen LogP contribution is -2.21. The van der Waals surface area contributed by atoms with Crippen LogP contribution < -0.4 is 5.01 Å². The fourth-order valence-corrected chi connectivity index (χ4v) is 2.29. The van der Waals surface area contributed by atoms with Crippen molar-refractivity contribution in [3.05, 3.63) is 75.8 Å². The SMILES string of the molecule is CC1=NN(c2ccc([N+](=O)[O-])cc2)C(=O)/C1=C/c1ccccc1. The number of non-ortho nitro benzene ring substituents is 1. The van der Waals surface area contributed by atoms with Crippen molar-refractivity contribution in [1.29, 1.82) is 0 Å². The van der Waals surface area contributed by atoms with Crippen LogP contribution in [0.25, 0.3) is 6.08 Å². The van der Waals surface area contributed by atoms with E-state index in [-0.39, 0.29) is 11.6 Å². The van der Waals surface area contributed by atoms with Gasteiger partial charge in [0.1, 0.15) is 0 Å². The van der Waals surface area contributed by atoms with Gasteiger partial charge in [-0.2, -0.15) is 10.1 Å². The van der Waals surface area contributed by atoms with Crippen molar-refractivity contribution in [3.8, 4) is 0 Å². The molecule has 3 rings (SSSR count). The summed E-state index contributed by atoms with van der Waals surface area (Å²) in [5.41, 5.74) is 2.50. The summed E-state index contributed by atoms with van der Waals surface area (Å²) in [7, 11) is 0. The molecule has 0 saturated heterocycles. The van der Waals surface area contributed by atoms with Crippen LogP contribution >= 0.6 is 0 Å². The quantitative estimate of drug-likeness (QED) is 0.495. The van der Waals surface area contributed by atoms with Crippen LogP contribution in [0.5, 0.6) is 0 Å². The largest absolute Gasteiger partial charge is 0.280 e. The number of hydrogen-bond donors (Lipinski definition) is 0. The van der Waals surface area contributed by atoms with Crippen molar-refractivity contribution < 1.29 is 9.72 Å². The highest BCUT2D eigenvalue weighted by atomic mass is 16.6. The lowest BCUT2D eigenvalue weighted by atomic mass is 10.1. The van der Waals surface area contributed by atoms with Gasteiger partial charge in [-0.25, -0.2) is 0 Å². The summed E-state index contributed by atoms with van der Waals surface area (Å²) in [6, 6.07) is 15.2. The smallest absolute Gasteiger partial charge is 0.267 e. The van der Waals surface area contributed by atoms with Crippen LogP contribution in [0.3, 0.4) is 0 Å². The fraction of sp³-hybridized carbons (Fsp3) is 0.0588. The highest BCUT2D eigenvalue weighted by Gasteiger charge is 2.28. The molecule has 2 aromatic carbocycles. The summed E-state index contributed by atoms with van der Waals surface area (Å²) < 4.78 is 0. The Morgan fingerprint density at radius 3 is 2.35 bits per heavy atom. The Balaban J connectivity index is 1.91. The van der Waals surface area contributed by atoms with Crippen LogP contribution in [0.4, 0.5) is 11.4 Å². The van der Waals surface area contributed by atoms with E-state index in [1.165, 1.54) is 29.3 Å². The average molecular weight is 307 g/mol. The standard InChI is InChI=1S/C17H13N3O3/c1-12-16(11-13-5-3-2-4-6-13)17(21)19(18-12)14-7-9-15(10-8-14)20(22)23/h2-11H,1H3/b16-11+. The van der Waals surface area contributed by atoms with Crippen LogP contribution in [-0.2, 0) is 4.79 Å². The van der Waals surface area contributed by atoms with E-state index in [1.54, 1.807) is 13.0 Å². The van der Waals surface area contributed by atoms with Gasteiger partial charge in [0, 0.05) is 12.1 Å². The van der Waals surface area contributed by atoms with Crippen LogP contribution in [-0.4, -0.2) is 16.5 Å². The molecular formula is C17H13N3O3. The molecule has 0 aromatic heterocycles. The molecule has 0 saturated carbocycles. The van der Waals surface area contributed by atoms with E-state index in [0.29, 0.717) is 17.0 Å². The molecule has 0 unspecified atom stereocenters. The first-order valence-electron chi connectivity index (χ1n) is 6.97. The van der Waals surface area contributed by atoms with Gasteiger partial charge in [-0.1, -0.05) is 30.3 Å². The van der Waals surface area contributed by atoms with Gasteiger partial charge in [0.05, 0.1) is 21.9 Å². The number of amides is 1. The maximum atomic E-state index is 12.5. The molecule has 0 atom stereocenters. The van der Waals surface area contributed by atoms with Gasteiger partial charge in [-0.3, -0.25) is 14.9 Å². The minimum absolute atomic E-state index is 0.0267. The second-order valence-electron chi connectivity index (χ2n) is 5.04. The van der Waals surface area contributed by atoms with Crippen molar-refractivity contribution in [3.63, 3.8) is 0 Å². The number of carbonyl (C=O) groups excluding carboxylic acids is 1. The van der Waals surface area contributed by atoms with Crippen molar-refractivity contribution in [2.75, 3.05) is 5.01 Å². The van der Waals surface area contributed by atoms with Crippen LogP contribution in [0, 0.1) is 10.1 Å². The van der Waals surface area contributed by atoms with Gasteiger partial charge in [-0.05, 0) is 30.7 Å². The zero-order valence-electron chi connectivity index (χ0n) is 12.3. The van der Waals surface area contributed by atoms with Crippen LogP contribution in [0.1, 0.15) is 12.5 Å². The number of rotatable bonds is 3. The van der Waals surface area contributed by atoms with E-state index < -0.39 is 4.92 Å². The maximum absolute atomic E-state index is 12.5. The number of nitrogens with zero attached hydrogens (tertiary/aromatic N) is 3. The Morgan fingerprint density at radius 2 is 1.74 bits per heavy atom. The van der Waals surface area contributed by atoms with E-state index in [4.69, 9.17) is 0 Å². The second-order valence-corrected chi connectivity index (χ2v) is 5.04. The first-order chi connectivity index (χ1) is 11.1. The average Bonchev–Trinajstić information content (AvgIpc) is 2.84. The number of benzene rings is 2. The summed E-state index contributed by atoms with van der Waals surface area (Å²) in [6.45, 7) is 1.76. The molecule has 2 aromatic rings. The third-order valence-electron chi connectivity index (χ3n) is 3.48. The normalized spacial score (nSPS) is 15.9. The van der Waals surface area contributed by atoms with Gasteiger partial charge in [-0.15, -0.1) is 0 Å². The van der Waals surface area contributed by atoms with E-state index in [0.717, 1.165) is 5.56 Å². The molecule has 1 aliphatic heterocycles. The van der Waals surface area contributed by atoms with Gasteiger partial charge >= 0.3 is 0 Å². The Bertz CT molecular complexity index is 824. The second kappa shape index (κ2) is 5.84.